The Kier molecular flexibility index (Phi) is 5.62. The number of carbonyl (C=O) groups excluding carboxylic acids is 1. The first-order chi connectivity index (χ1) is 16.4. The standard InChI is InChI=1S/C22H24FN7O4/c1-13-26-12-27-30(13)16-10-15(23)3-2-14(16)11-25-19(32)17-18(31)20(33)29-8-9-34-22(21(29)28-17)4-6-24-7-5-22/h2-3,10,12,24,31H,4-9,11H2,1H3,(H,25,32). The van der Waals surface area contributed by atoms with Crippen LogP contribution in [0.25, 0.3) is 5.69 Å². The topological polar surface area (TPSA) is 136 Å². The van der Waals surface area contributed by atoms with Crippen LogP contribution in [0.2, 0.25) is 0 Å². The molecule has 1 aromatic carbocycles. The van der Waals surface area contributed by atoms with Crippen molar-refractivity contribution in [3.63, 3.8) is 0 Å². The molecule has 0 aliphatic carbocycles. The average molecular weight is 469 g/mol. The predicted octanol–water partition coefficient (Wildman–Crippen LogP) is 0.516. The molecule has 1 saturated heterocycles. The minimum atomic E-state index is -0.778. The van der Waals surface area contributed by atoms with Crippen LogP contribution < -0.4 is 16.2 Å². The third-order valence-electron chi connectivity index (χ3n) is 6.31. The van der Waals surface area contributed by atoms with Crippen LogP contribution in [-0.2, 0) is 23.4 Å². The monoisotopic (exact) mass is 469 g/mol. The summed E-state index contributed by atoms with van der Waals surface area (Å²) in [6.07, 6.45) is 2.55. The summed E-state index contributed by atoms with van der Waals surface area (Å²) in [6.45, 7) is 3.66. The molecule has 2 aliphatic rings. The minimum absolute atomic E-state index is 0.0150. The fourth-order valence-electron chi connectivity index (χ4n) is 4.53. The molecule has 12 heteroatoms. The van der Waals surface area contributed by atoms with E-state index in [1.165, 1.54) is 33.8 Å². The molecule has 0 atom stereocenters. The van der Waals surface area contributed by atoms with E-state index in [-0.39, 0.29) is 18.8 Å². The van der Waals surface area contributed by atoms with Crippen molar-refractivity contribution in [3.8, 4) is 11.4 Å². The largest absolute Gasteiger partial charge is 0.501 e. The maximum absolute atomic E-state index is 13.9. The maximum atomic E-state index is 13.9. The average Bonchev–Trinajstić information content (AvgIpc) is 3.27. The van der Waals surface area contributed by atoms with Crippen LogP contribution in [0.15, 0.2) is 29.3 Å². The van der Waals surface area contributed by atoms with Crippen LogP contribution in [0.3, 0.4) is 0 Å². The SMILES string of the molecule is Cc1ncnn1-c1cc(F)ccc1CNC(=O)c1nc2n(c(=O)c1O)CCOC21CCNCC1. The van der Waals surface area contributed by atoms with E-state index < -0.39 is 28.6 Å². The number of benzene rings is 1. The Morgan fingerprint density at radius 3 is 2.88 bits per heavy atom. The fraction of sp³-hybridized carbons (Fsp3) is 0.409. The number of aromatic hydroxyl groups is 1. The summed E-state index contributed by atoms with van der Waals surface area (Å²) in [7, 11) is 0. The zero-order chi connectivity index (χ0) is 23.9. The highest BCUT2D eigenvalue weighted by Gasteiger charge is 2.42. The lowest BCUT2D eigenvalue weighted by molar-refractivity contribution is -0.102. The lowest BCUT2D eigenvalue weighted by atomic mass is 9.89. The lowest BCUT2D eigenvalue weighted by Gasteiger charge is -2.41. The van der Waals surface area contributed by atoms with Gasteiger partial charge in [0.1, 0.15) is 29.4 Å². The summed E-state index contributed by atoms with van der Waals surface area (Å²) in [6, 6.07) is 4.10. The second kappa shape index (κ2) is 8.61. The molecule has 1 amide bonds. The first-order valence-electron chi connectivity index (χ1n) is 11.0. The van der Waals surface area contributed by atoms with Gasteiger partial charge in [0.05, 0.1) is 18.8 Å². The van der Waals surface area contributed by atoms with Gasteiger partial charge >= 0.3 is 0 Å². The second-order valence-electron chi connectivity index (χ2n) is 8.36. The van der Waals surface area contributed by atoms with Crippen molar-refractivity contribution in [2.75, 3.05) is 19.7 Å². The molecule has 1 fully saturated rings. The van der Waals surface area contributed by atoms with Crippen molar-refractivity contribution < 1.29 is 19.0 Å². The number of amides is 1. The Bertz CT molecular complexity index is 1310. The summed E-state index contributed by atoms with van der Waals surface area (Å²) >= 11 is 0. The van der Waals surface area contributed by atoms with Crippen LogP contribution in [0.4, 0.5) is 4.39 Å². The van der Waals surface area contributed by atoms with Crippen molar-refractivity contribution in [2.45, 2.75) is 38.5 Å². The quantitative estimate of drug-likeness (QED) is 0.503. The highest BCUT2D eigenvalue weighted by Crippen LogP contribution is 2.36. The summed E-state index contributed by atoms with van der Waals surface area (Å²) in [5, 5.41) is 20.5. The zero-order valence-electron chi connectivity index (χ0n) is 18.5. The number of hydrogen-bond donors (Lipinski definition) is 3. The van der Waals surface area contributed by atoms with Crippen LogP contribution >= 0.6 is 0 Å². The van der Waals surface area contributed by atoms with E-state index in [4.69, 9.17) is 4.74 Å². The maximum Gasteiger partial charge on any atom is 0.296 e. The van der Waals surface area contributed by atoms with Gasteiger partial charge in [-0.1, -0.05) is 6.07 Å². The number of fused-ring (bicyclic) bond motifs is 2. The van der Waals surface area contributed by atoms with E-state index in [2.05, 4.69) is 25.7 Å². The van der Waals surface area contributed by atoms with Gasteiger partial charge in [-0.15, -0.1) is 0 Å². The molecule has 3 N–H and O–H groups in total. The summed E-state index contributed by atoms with van der Waals surface area (Å²) in [5.41, 5.74) is -0.826. The second-order valence-corrected chi connectivity index (χ2v) is 8.36. The van der Waals surface area contributed by atoms with Crippen LogP contribution in [0.5, 0.6) is 5.75 Å². The molecule has 2 aromatic heterocycles. The van der Waals surface area contributed by atoms with E-state index in [1.807, 2.05) is 0 Å². The molecular weight excluding hydrogens is 445 g/mol. The first-order valence-corrected chi connectivity index (χ1v) is 11.0. The molecule has 0 unspecified atom stereocenters. The number of carbonyl (C=O) groups is 1. The van der Waals surface area contributed by atoms with Crippen LogP contribution in [0.1, 0.15) is 40.5 Å². The Hall–Kier alpha value is -3.64. The molecule has 5 rings (SSSR count). The third-order valence-corrected chi connectivity index (χ3v) is 6.31. The zero-order valence-corrected chi connectivity index (χ0v) is 18.5. The van der Waals surface area contributed by atoms with Crippen molar-refractivity contribution in [1.82, 2.24) is 34.9 Å². The molecule has 11 nitrogen and oxygen atoms in total. The number of aryl methyl sites for hydroxylation is 1. The van der Waals surface area contributed by atoms with E-state index in [0.717, 1.165) is 0 Å². The van der Waals surface area contributed by atoms with E-state index in [0.29, 0.717) is 55.4 Å². The number of aromatic nitrogens is 5. The molecule has 1 spiro atoms. The molecule has 2 aliphatic heterocycles. The van der Waals surface area contributed by atoms with Crippen molar-refractivity contribution in [2.24, 2.45) is 0 Å². The molecule has 4 heterocycles. The van der Waals surface area contributed by atoms with E-state index in [1.54, 1.807) is 6.92 Å². The number of rotatable bonds is 4. The van der Waals surface area contributed by atoms with Gasteiger partial charge in [0.25, 0.3) is 11.5 Å². The number of ether oxygens (including phenoxy) is 1. The first kappa shape index (κ1) is 22.2. The number of nitrogens with one attached hydrogen (secondary N) is 2. The van der Waals surface area contributed by atoms with Crippen molar-refractivity contribution in [1.29, 1.82) is 0 Å². The normalized spacial score (nSPS) is 16.9. The highest BCUT2D eigenvalue weighted by atomic mass is 19.1. The molecule has 0 saturated carbocycles. The fourth-order valence-corrected chi connectivity index (χ4v) is 4.53. The van der Waals surface area contributed by atoms with Gasteiger partial charge in [0.15, 0.2) is 5.69 Å². The van der Waals surface area contributed by atoms with Crippen LogP contribution in [0, 0.1) is 12.7 Å². The van der Waals surface area contributed by atoms with Gasteiger partial charge in [-0.25, -0.2) is 19.0 Å². The smallest absolute Gasteiger partial charge is 0.296 e. The van der Waals surface area contributed by atoms with Gasteiger partial charge in [-0.3, -0.25) is 14.2 Å². The summed E-state index contributed by atoms with van der Waals surface area (Å²) < 4.78 is 22.8. The number of halogens is 1. The molecular formula is C22H24FN7O4. The molecule has 3 aromatic rings. The van der Waals surface area contributed by atoms with Gasteiger partial charge in [-0.2, -0.15) is 5.10 Å². The summed E-state index contributed by atoms with van der Waals surface area (Å²) in [4.78, 5) is 34.4. The van der Waals surface area contributed by atoms with Gasteiger partial charge in [0.2, 0.25) is 5.75 Å². The van der Waals surface area contributed by atoms with E-state index >= 15 is 0 Å². The molecule has 34 heavy (non-hydrogen) atoms. The van der Waals surface area contributed by atoms with E-state index in [9.17, 15) is 19.1 Å². The van der Waals surface area contributed by atoms with Crippen molar-refractivity contribution in [3.05, 3.63) is 63.6 Å². The minimum Gasteiger partial charge on any atom is -0.501 e. The number of hydrogen-bond acceptors (Lipinski definition) is 8. The number of piperidine rings is 1. The van der Waals surface area contributed by atoms with Crippen molar-refractivity contribution >= 4 is 5.91 Å². The van der Waals surface area contributed by atoms with Crippen LogP contribution in [-0.4, -0.2) is 55.0 Å². The molecule has 0 radical (unpaired) electrons. The Balaban J connectivity index is 1.46. The Morgan fingerprint density at radius 1 is 1.35 bits per heavy atom. The number of nitrogens with zero attached hydrogens (tertiary/aromatic N) is 5. The predicted molar refractivity (Wildman–Crippen MR) is 117 cm³/mol. The highest BCUT2D eigenvalue weighted by molar-refractivity contribution is 5.94. The Labute approximate surface area is 193 Å². The molecule has 0 bridgehead atoms. The molecule has 178 valence electrons. The van der Waals surface area contributed by atoms with Gasteiger partial charge in [0, 0.05) is 6.54 Å². The lowest BCUT2D eigenvalue weighted by Crippen LogP contribution is -2.50. The summed E-state index contributed by atoms with van der Waals surface area (Å²) in [5.74, 6) is -0.993. The third kappa shape index (κ3) is 3.74. The van der Waals surface area contributed by atoms with Gasteiger partial charge < -0.3 is 20.5 Å². The Morgan fingerprint density at radius 2 is 2.15 bits per heavy atom. The van der Waals surface area contributed by atoms with Gasteiger partial charge in [-0.05, 0) is 50.6 Å².